The number of aliphatic hydroxyl groups excluding tert-OH is 1. The van der Waals surface area contributed by atoms with Crippen molar-refractivity contribution in [2.75, 3.05) is 6.61 Å². The van der Waals surface area contributed by atoms with Crippen LogP contribution in [0, 0.1) is 23.2 Å². The van der Waals surface area contributed by atoms with E-state index in [1.54, 1.807) is 29.6 Å². The summed E-state index contributed by atoms with van der Waals surface area (Å²) >= 11 is 1.36. The summed E-state index contributed by atoms with van der Waals surface area (Å²) in [6.45, 7) is 0.163. The molecule has 2 rings (SSSR count). The Kier molecular flexibility index (Phi) is 5.11. The molecule has 0 radical (unpaired) electrons. The molecular formula is C16H12N2O2S. The molecular weight excluding hydrogens is 284 g/mol. The fraction of sp³-hybridized carbons (Fsp3) is 0.125. The van der Waals surface area contributed by atoms with Crippen molar-refractivity contribution in [1.29, 1.82) is 5.26 Å². The maximum atomic E-state index is 12.0. The molecule has 2 N–H and O–H groups in total. The van der Waals surface area contributed by atoms with Gasteiger partial charge in [-0.2, -0.15) is 5.26 Å². The maximum absolute atomic E-state index is 12.0. The lowest BCUT2D eigenvalue weighted by atomic mass is 10.1. The summed E-state index contributed by atoms with van der Waals surface area (Å²) in [6.07, 6.45) is 0. The van der Waals surface area contributed by atoms with Crippen LogP contribution in [0.3, 0.4) is 0 Å². The average molecular weight is 296 g/mol. The van der Waals surface area contributed by atoms with Crippen molar-refractivity contribution in [3.8, 4) is 17.9 Å². The molecule has 0 saturated carbocycles. The fourth-order valence-electron chi connectivity index (χ4n) is 1.68. The van der Waals surface area contributed by atoms with Crippen LogP contribution >= 0.6 is 11.3 Å². The zero-order chi connectivity index (χ0) is 15.1. The molecule has 104 valence electrons. The summed E-state index contributed by atoms with van der Waals surface area (Å²) in [4.78, 5) is 12.7. The van der Waals surface area contributed by atoms with Gasteiger partial charge in [0.1, 0.15) is 6.61 Å². The quantitative estimate of drug-likeness (QED) is 0.850. The van der Waals surface area contributed by atoms with Crippen LogP contribution in [0.15, 0.2) is 35.7 Å². The van der Waals surface area contributed by atoms with Gasteiger partial charge in [0.15, 0.2) is 0 Å². The molecule has 1 heterocycles. The largest absolute Gasteiger partial charge is 0.384 e. The molecule has 0 atom stereocenters. The topological polar surface area (TPSA) is 73.1 Å². The van der Waals surface area contributed by atoms with Crippen LogP contribution in [0.25, 0.3) is 0 Å². The lowest BCUT2D eigenvalue weighted by Gasteiger charge is -2.04. The summed E-state index contributed by atoms with van der Waals surface area (Å²) in [5.74, 6) is 5.11. The molecule has 1 aromatic carbocycles. The van der Waals surface area contributed by atoms with Gasteiger partial charge in [-0.15, -0.1) is 11.3 Å². The van der Waals surface area contributed by atoms with E-state index >= 15 is 0 Å². The molecule has 0 saturated heterocycles. The lowest BCUT2D eigenvalue weighted by Crippen LogP contribution is -2.22. The van der Waals surface area contributed by atoms with Crippen LogP contribution in [-0.4, -0.2) is 17.6 Å². The highest BCUT2D eigenvalue weighted by molar-refractivity contribution is 7.10. The fourth-order valence-corrected chi connectivity index (χ4v) is 2.44. The van der Waals surface area contributed by atoms with Crippen LogP contribution < -0.4 is 5.32 Å². The SMILES string of the molecule is N#Cc1cccc(CNC(=O)c2csc(C#CCO)c2)c1. The number of hydrogen-bond acceptors (Lipinski definition) is 4. The molecule has 0 unspecified atom stereocenters. The number of benzene rings is 1. The Labute approximate surface area is 126 Å². The van der Waals surface area contributed by atoms with E-state index in [-0.39, 0.29) is 12.5 Å². The van der Waals surface area contributed by atoms with Gasteiger partial charge in [0.2, 0.25) is 0 Å². The highest BCUT2D eigenvalue weighted by atomic mass is 32.1. The van der Waals surface area contributed by atoms with Crippen molar-refractivity contribution in [3.63, 3.8) is 0 Å². The molecule has 0 fully saturated rings. The Morgan fingerprint density at radius 1 is 1.38 bits per heavy atom. The Morgan fingerprint density at radius 2 is 2.24 bits per heavy atom. The number of hydrogen-bond donors (Lipinski definition) is 2. The third kappa shape index (κ3) is 4.19. The van der Waals surface area contributed by atoms with Gasteiger partial charge < -0.3 is 10.4 Å². The summed E-state index contributed by atoms with van der Waals surface area (Å²) in [5.41, 5.74) is 1.98. The number of nitriles is 1. The molecule has 1 aromatic heterocycles. The minimum absolute atomic E-state index is 0.189. The van der Waals surface area contributed by atoms with Gasteiger partial charge in [0, 0.05) is 11.9 Å². The highest BCUT2D eigenvalue weighted by Gasteiger charge is 2.07. The first-order chi connectivity index (χ1) is 10.2. The van der Waals surface area contributed by atoms with E-state index in [0.29, 0.717) is 17.7 Å². The van der Waals surface area contributed by atoms with Crippen molar-refractivity contribution in [3.05, 3.63) is 57.3 Å². The summed E-state index contributed by atoms with van der Waals surface area (Å²) in [6, 6.07) is 10.9. The molecule has 5 heteroatoms. The van der Waals surface area contributed by atoms with Crippen LogP contribution in [-0.2, 0) is 6.54 Å². The number of nitrogens with one attached hydrogen (secondary N) is 1. The number of rotatable bonds is 3. The van der Waals surface area contributed by atoms with Crippen LogP contribution in [0.1, 0.15) is 26.4 Å². The molecule has 21 heavy (non-hydrogen) atoms. The molecule has 4 nitrogen and oxygen atoms in total. The number of amides is 1. The number of carbonyl (C=O) groups excluding carboxylic acids is 1. The number of nitrogens with zero attached hydrogens (tertiary/aromatic N) is 1. The number of carbonyl (C=O) groups is 1. The van der Waals surface area contributed by atoms with Gasteiger partial charge in [-0.25, -0.2) is 0 Å². The van der Waals surface area contributed by atoms with Gasteiger partial charge in [-0.1, -0.05) is 24.0 Å². The van der Waals surface area contributed by atoms with Crippen LogP contribution in [0.2, 0.25) is 0 Å². The number of thiophene rings is 1. The van der Waals surface area contributed by atoms with Crippen molar-refractivity contribution in [1.82, 2.24) is 5.32 Å². The van der Waals surface area contributed by atoms with Gasteiger partial charge in [-0.05, 0) is 23.8 Å². The van der Waals surface area contributed by atoms with Gasteiger partial charge >= 0.3 is 0 Å². The Hall–Kier alpha value is -2.60. The van der Waals surface area contributed by atoms with Gasteiger partial charge in [0.25, 0.3) is 5.91 Å². The zero-order valence-electron chi connectivity index (χ0n) is 11.1. The molecule has 0 spiro atoms. The van der Waals surface area contributed by atoms with Crippen LogP contribution in [0.5, 0.6) is 0 Å². The number of aliphatic hydroxyl groups is 1. The van der Waals surface area contributed by atoms with E-state index in [9.17, 15) is 4.79 Å². The second kappa shape index (κ2) is 7.25. The van der Waals surface area contributed by atoms with Gasteiger partial charge in [0.05, 0.1) is 22.1 Å². The van der Waals surface area contributed by atoms with Crippen LogP contribution in [0.4, 0.5) is 0 Å². The minimum atomic E-state index is -0.200. The second-order valence-electron chi connectivity index (χ2n) is 4.15. The first-order valence-corrected chi connectivity index (χ1v) is 7.06. The Bertz CT molecular complexity index is 747. The van der Waals surface area contributed by atoms with Crippen molar-refractivity contribution in [2.45, 2.75) is 6.54 Å². The zero-order valence-corrected chi connectivity index (χ0v) is 11.9. The lowest BCUT2D eigenvalue weighted by molar-refractivity contribution is 0.0951. The Morgan fingerprint density at radius 3 is 3.00 bits per heavy atom. The Balaban J connectivity index is 1.98. The van der Waals surface area contributed by atoms with E-state index in [1.807, 2.05) is 6.07 Å². The first-order valence-electron chi connectivity index (χ1n) is 6.18. The normalized spacial score (nSPS) is 9.33. The molecule has 0 aliphatic heterocycles. The predicted octanol–water partition coefficient (Wildman–Crippen LogP) is 1.89. The van der Waals surface area contributed by atoms with Gasteiger partial charge in [-0.3, -0.25) is 4.79 Å². The van der Waals surface area contributed by atoms with E-state index in [2.05, 4.69) is 23.2 Å². The van der Waals surface area contributed by atoms with E-state index in [0.717, 1.165) is 10.4 Å². The smallest absolute Gasteiger partial charge is 0.252 e. The average Bonchev–Trinajstić information content (AvgIpc) is 2.99. The summed E-state index contributed by atoms with van der Waals surface area (Å²) < 4.78 is 0. The molecule has 1 amide bonds. The molecule has 0 aliphatic rings. The monoisotopic (exact) mass is 296 g/mol. The second-order valence-corrected chi connectivity index (χ2v) is 5.07. The molecule has 0 aliphatic carbocycles. The highest BCUT2D eigenvalue weighted by Crippen LogP contribution is 2.13. The van der Waals surface area contributed by atoms with E-state index < -0.39 is 0 Å². The molecule has 2 aromatic rings. The summed E-state index contributed by atoms with van der Waals surface area (Å²) in [7, 11) is 0. The van der Waals surface area contributed by atoms with Crippen molar-refractivity contribution >= 4 is 17.2 Å². The maximum Gasteiger partial charge on any atom is 0.252 e. The minimum Gasteiger partial charge on any atom is -0.384 e. The third-order valence-corrected chi connectivity index (χ3v) is 3.51. The standard InChI is InChI=1S/C16H12N2O2S/c17-9-12-3-1-4-13(7-12)10-18-16(20)14-8-15(21-11-14)5-2-6-19/h1,3-4,7-8,11,19H,6,10H2,(H,18,20). The third-order valence-electron chi connectivity index (χ3n) is 2.66. The van der Waals surface area contributed by atoms with E-state index in [4.69, 9.17) is 10.4 Å². The molecule has 0 bridgehead atoms. The van der Waals surface area contributed by atoms with Crippen molar-refractivity contribution in [2.24, 2.45) is 0 Å². The van der Waals surface area contributed by atoms with Crippen molar-refractivity contribution < 1.29 is 9.90 Å². The summed E-state index contributed by atoms with van der Waals surface area (Å²) in [5, 5.41) is 22.0. The van der Waals surface area contributed by atoms with E-state index in [1.165, 1.54) is 11.3 Å². The predicted molar refractivity (Wildman–Crippen MR) is 80.6 cm³/mol. The first kappa shape index (κ1) is 14.8.